The van der Waals surface area contributed by atoms with Gasteiger partial charge in [0.1, 0.15) is 12.0 Å². The highest BCUT2D eigenvalue weighted by Crippen LogP contribution is 2.27. The Labute approximate surface area is 107 Å². The summed E-state index contributed by atoms with van der Waals surface area (Å²) in [4.78, 5) is 10.6. The number of aldehydes is 1. The summed E-state index contributed by atoms with van der Waals surface area (Å²) in [6.07, 6.45) is 0.559. The minimum Gasteiger partial charge on any atom is -0.496 e. The van der Waals surface area contributed by atoms with Crippen LogP contribution in [-0.2, 0) is 14.8 Å². The second kappa shape index (κ2) is 5.49. The van der Waals surface area contributed by atoms with Crippen LogP contribution in [0.15, 0.2) is 17.0 Å². The molecule has 1 aromatic rings. The van der Waals surface area contributed by atoms with Crippen LogP contribution in [0.5, 0.6) is 5.75 Å². The Bertz CT molecular complexity index is 551. The molecule has 0 saturated carbocycles. The first-order valence-corrected chi connectivity index (χ1v) is 6.83. The van der Waals surface area contributed by atoms with Gasteiger partial charge >= 0.3 is 0 Å². The van der Waals surface area contributed by atoms with Gasteiger partial charge in [-0.05, 0) is 37.1 Å². The van der Waals surface area contributed by atoms with Crippen molar-refractivity contribution in [3.8, 4) is 5.75 Å². The molecule has 18 heavy (non-hydrogen) atoms. The van der Waals surface area contributed by atoms with Gasteiger partial charge in [0.2, 0.25) is 10.0 Å². The van der Waals surface area contributed by atoms with Crippen LogP contribution < -0.4 is 4.74 Å². The highest BCUT2D eigenvalue weighted by Gasteiger charge is 2.23. The van der Waals surface area contributed by atoms with Crippen molar-refractivity contribution in [2.24, 2.45) is 0 Å². The molecule has 0 aliphatic rings. The van der Waals surface area contributed by atoms with Gasteiger partial charge in [0.25, 0.3) is 0 Å². The Kier molecular flexibility index (Phi) is 4.48. The van der Waals surface area contributed by atoms with Crippen LogP contribution in [0.4, 0.5) is 0 Å². The summed E-state index contributed by atoms with van der Waals surface area (Å²) in [7, 11) is -0.719. The highest BCUT2D eigenvalue weighted by atomic mass is 32.2. The molecule has 0 aliphatic carbocycles. The number of nitrogens with zero attached hydrogens (tertiary/aromatic N) is 1. The molecule has 1 aromatic carbocycles. The number of hydrogen-bond donors (Lipinski definition) is 0. The van der Waals surface area contributed by atoms with Gasteiger partial charge in [0.05, 0.1) is 18.6 Å². The average molecular weight is 271 g/mol. The number of rotatable bonds is 5. The Morgan fingerprint density at radius 1 is 1.28 bits per heavy atom. The van der Waals surface area contributed by atoms with Crippen molar-refractivity contribution in [2.45, 2.75) is 18.7 Å². The standard InChI is InChI=1S/C12H17NO4S/c1-9-8-12(10(2)7-11(9)17-4)18(15,16)13(3)5-6-14/h6-8H,5H2,1-4H3. The number of methoxy groups -OCH3 is 1. The van der Waals surface area contributed by atoms with Crippen molar-refractivity contribution >= 4 is 16.3 Å². The molecule has 0 N–H and O–H groups in total. The Hall–Kier alpha value is -1.40. The summed E-state index contributed by atoms with van der Waals surface area (Å²) in [6, 6.07) is 3.24. The number of aryl methyl sites for hydroxylation is 2. The fraction of sp³-hybridized carbons (Fsp3) is 0.417. The van der Waals surface area contributed by atoms with E-state index in [1.807, 2.05) is 0 Å². The first-order valence-electron chi connectivity index (χ1n) is 5.39. The molecular weight excluding hydrogens is 254 g/mol. The molecule has 0 bridgehead atoms. The summed E-state index contributed by atoms with van der Waals surface area (Å²) < 4.78 is 30.6. The molecule has 0 spiro atoms. The number of hydrogen-bond acceptors (Lipinski definition) is 4. The molecule has 0 fully saturated rings. The molecule has 0 heterocycles. The first kappa shape index (κ1) is 14.7. The lowest BCUT2D eigenvalue weighted by Gasteiger charge is -2.17. The van der Waals surface area contributed by atoms with Gasteiger partial charge < -0.3 is 9.53 Å². The lowest BCUT2D eigenvalue weighted by Crippen LogP contribution is -2.29. The molecule has 0 saturated heterocycles. The van der Waals surface area contributed by atoms with E-state index in [0.29, 0.717) is 17.6 Å². The predicted octanol–water partition coefficient (Wildman–Crippen LogP) is 1.13. The van der Waals surface area contributed by atoms with Crippen LogP contribution in [0.1, 0.15) is 11.1 Å². The number of carbonyl (C=O) groups is 1. The molecule has 0 radical (unpaired) electrons. The van der Waals surface area contributed by atoms with Crippen LogP contribution in [0.25, 0.3) is 0 Å². The Morgan fingerprint density at radius 3 is 2.39 bits per heavy atom. The van der Waals surface area contributed by atoms with Crippen LogP contribution >= 0.6 is 0 Å². The van der Waals surface area contributed by atoms with Gasteiger partial charge in [-0.15, -0.1) is 0 Å². The quantitative estimate of drug-likeness (QED) is 0.753. The van der Waals surface area contributed by atoms with E-state index in [1.54, 1.807) is 26.0 Å². The minimum atomic E-state index is -3.63. The molecule has 0 unspecified atom stereocenters. The van der Waals surface area contributed by atoms with Crippen molar-refractivity contribution < 1.29 is 17.9 Å². The topological polar surface area (TPSA) is 63.7 Å². The Morgan fingerprint density at radius 2 is 1.89 bits per heavy atom. The molecular formula is C12H17NO4S. The van der Waals surface area contributed by atoms with Gasteiger partial charge in [-0.1, -0.05) is 0 Å². The van der Waals surface area contributed by atoms with Crippen LogP contribution in [0, 0.1) is 13.8 Å². The summed E-state index contributed by atoms with van der Waals surface area (Å²) in [5.74, 6) is 0.643. The van der Waals surface area contributed by atoms with Crippen molar-refractivity contribution in [2.75, 3.05) is 20.7 Å². The number of benzene rings is 1. The zero-order chi connectivity index (χ0) is 13.9. The molecule has 0 amide bonds. The van der Waals surface area contributed by atoms with Gasteiger partial charge in [-0.3, -0.25) is 0 Å². The van der Waals surface area contributed by atoms with Crippen molar-refractivity contribution in [3.63, 3.8) is 0 Å². The van der Waals surface area contributed by atoms with Gasteiger partial charge in [0.15, 0.2) is 0 Å². The second-order valence-electron chi connectivity index (χ2n) is 4.04. The molecule has 0 aromatic heterocycles. The van der Waals surface area contributed by atoms with E-state index in [1.165, 1.54) is 14.2 Å². The third kappa shape index (κ3) is 2.70. The van der Waals surface area contributed by atoms with E-state index in [9.17, 15) is 13.2 Å². The second-order valence-corrected chi connectivity index (χ2v) is 6.05. The maximum absolute atomic E-state index is 12.2. The van der Waals surface area contributed by atoms with Crippen molar-refractivity contribution in [3.05, 3.63) is 23.3 Å². The molecule has 1 rings (SSSR count). The van der Waals surface area contributed by atoms with E-state index >= 15 is 0 Å². The summed E-state index contributed by atoms with van der Waals surface area (Å²) >= 11 is 0. The maximum atomic E-state index is 12.2. The van der Waals surface area contributed by atoms with E-state index in [4.69, 9.17) is 4.74 Å². The summed E-state index contributed by atoms with van der Waals surface area (Å²) in [5, 5.41) is 0. The smallest absolute Gasteiger partial charge is 0.243 e. The number of likely N-dealkylation sites (N-methyl/N-ethyl adjacent to an activating group) is 1. The Balaban J connectivity index is 3.33. The summed E-state index contributed by atoms with van der Waals surface area (Å²) in [5.41, 5.74) is 1.33. The average Bonchev–Trinajstić information content (AvgIpc) is 2.31. The molecule has 100 valence electrons. The van der Waals surface area contributed by atoms with Crippen molar-refractivity contribution in [1.29, 1.82) is 0 Å². The molecule has 0 atom stereocenters. The normalized spacial score (nSPS) is 11.6. The fourth-order valence-electron chi connectivity index (χ4n) is 1.63. The van der Waals surface area contributed by atoms with E-state index in [0.717, 1.165) is 9.87 Å². The van der Waals surface area contributed by atoms with Crippen molar-refractivity contribution in [1.82, 2.24) is 4.31 Å². The summed E-state index contributed by atoms with van der Waals surface area (Å²) in [6.45, 7) is 3.31. The number of ether oxygens (including phenoxy) is 1. The van der Waals surface area contributed by atoms with E-state index in [-0.39, 0.29) is 11.4 Å². The van der Waals surface area contributed by atoms with Crippen LogP contribution in [0.3, 0.4) is 0 Å². The predicted molar refractivity (Wildman–Crippen MR) is 68.3 cm³/mol. The highest BCUT2D eigenvalue weighted by molar-refractivity contribution is 7.89. The number of sulfonamides is 1. The van der Waals surface area contributed by atoms with Gasteiger partial charge in [-0.2, -0.15) is 4.31 Å². The SMILES string of the molecule is COc1cc(C)c(S(=O)(=O)N(C)CC=O)cc1C. The van der Waals surface area contributed by atoms with E-state index < -0.39 is 10.0 Å². The lowest BCUT2D eigenvalue weighted by atomic mass is 10.1. The van der Waals surface area contributed by atoms with Crippen LogP contribution in [-0.4, -0.2) is 39.7 Å². The lowest BCUT2D eigenvalue weighted by molar-refractivity contribution is -0.107. The van der Waals surface area contributed by atoms with E-state index in [2.05, 4.69) is 0 Å². The molecule has 5 nitrogen and oxygen atoms in total. The number of carbonyl (C=O) groups excluding carboxylic acids is 1. The third-order valence-corrected chi connectivity index (χ3v) is 4.68. The van der Waals surface area contributed by atoms with Gasteiger partial charge in [0, 0.05) is 7.05 Å². The molecule has 0 aliphatic heterocycles. The van der Waals surface area contributed by atoms with Gasteiger partial charge in [-0.25, -0.2) is 8.42 Å². The maximum Gasteiger partial charge on any atom is 0.243 e. The minimum absolute atomic E-state index is 0.160. The fourth-order valence-corrected chi connectivity index (χ4v) is 3.02. The molecule has 6 heteroatoms. The third-order valence-electron chi connectivity index (χ3n) is 2.71. The zero-order valence-electron chi connectivity index (χ0n) is 10.9. The zero-order valence-corrected chi connectivity index (χ0v) is 11.7. The van der Waals surface area contributed by atoms with Crippen LogP contribution in [0.2, 0.25) is 0 Å². The largest absolute Gasteiger partial charge is 0.496 e. The monoisotopic (exact) mass is 271 g/mol. The first-order chi connectivity index (χ1) is 8.34.